The Bertz CT molecular complexity index is 1090. The highest BCUT2D eigenvalue weighted by Crippen LogP contribution is 2.37. The van der Waals surface area contributed by atoms with E-state index < -0.39 is 22.0 Å². The van der Waals surface area contributed by atoms with Gasteiger partial charge in [0.25, 0.3) is 10.0 Å². The number of piperidine rings is 1. The standard InChI is InChI=1S/C22H28Cl2N4O4S/c1-22(2)13-27(14-6-7-14)10-8-18(22)26-19(29)12-16-21(30)25-9-11-28(16)33(31,32)17-5-3-4-15(23)20(17)24/h3-5,9,11,14,16,18H,6-8,10,12-13H2,1-2H3,(H,25,30)(H,26,29)/t16-,18-/m1/s1. The minimum absolute atomic E-state index is 0.0605. The van der Waals surface area contributed by atoms with Gasteiger partial charge in [0.1, 0.15) is 10.9 Å². The number of hydrogen-bond acceptors (Lipinski definition) is 5. The molecule has 1 aromatic rings. The van der Waals surface area contributed by atoms with Crippen molar-refractivity contribution >= 4 is 45.0 Å². The lowest BCUT2D eigenvalue weighted by molar-refractivity contribution is -0.130. The number of nitrogens with zero attached hydrogens (tertiary/aromatic N) is 2. The molecule has 1 aromatic carbocycles. The van der Waals surface area contributed by atoms with E-state index in [2.05, 4.69) is 29.4 Å². The molecule has 0 bridgehead atoms. The summed E-state index contributed by atoms with van der Waals surface area (Å²) in [5.74, 6) is -0.960. The first-order chi connectivity index (χ1) is 15.5. The van der Waals surface area contributed by atoms with Crippen molar-refractivity contribution in [2.75, 3.05) is 13.1 Å². The Morgan fingerprint density at radius 3 is 2.64 bits per heavy atom. The molecule has 2 heterocycles. The molecule has 2 atom stereocenters. The van der Waals surface area contributed by atoms with E-state index in [9.17, 15) is 18.0 Å². The van der Waals surface area contributed by atoms with Crippen molar-refractivity contribution in [3.63, 3.8) is 0 Å². The number of likely N-dealkylation sites (tertiary alicyclic amines) is 1. The SMILES string of the molecule is CC1(C)CN(C2CC2)CC[C@H]1NC(=O)C[C@@H]1C(=O)NC=CN1S(=O)(=O)c1cccc(Cl)c1Cl. The summed E-state index contributed by atoms with van der Waals surface area (Å²) in [6, 6.07) is 3.61. The number of nitrogens with one attached hydrogen (secondary N) is 2. The Hall–Kier alpha value is -1.81. The summed E-state index contributed by atoms with van der Waals surface area (Å²) >= 11 is 12.1. The molecule has 0 aromatic heterocycles. The molecule has 0 spiro atoms. The third-order valence-electron chi connectivity index (χ3n) is 6.56. The summed E-state index contributed by atoms with van der Waals surface area (Å²) < 4.78 is 27.5. The van der Waals surface area contributed by atoms with Crippen LogP contribution in [-0.2, 0) is 19.6 Å². The van der Waals surface area contributed by atoms with Gasteiger partial charge >= 0.3 is 0 Å². The predicted molar refractivity (Wildman–Crippen MR) is 126 cm³/mol. The Labute approximate surface area is 204 Å². The van der Waals surface area contributed by atoms with Crippen LogP contribution in [0.2, 0.25) is 10.0 Å². The summed E-state index contributed by atoms with van der Waals surface area (Å²) in [7, 11) is -4.23. The zero-order chi connectivity index (χ0) is 24.0. The van der Waals surface area contributed by atoms with E-state index in [1.807, 2.05) is 0 Å². The molecule has 180 valence electrons. The molecular weight excluding hydrogens is 487 g/mol. The Balaban J connectivity index is 1.49. The molecule has 1 saturated carbocycles. The van der Waals surface area contributed by atoms with E-state index in [1.165, 1.54) is 43.4 Å². The van der Waals surface area contributed by atoms with Crippen LogP contribution < -0.4 is 10.6 Å². The summed E-state index contributed by atoms with van der Waals surface area (Å²) in [5.41, 5.74) is -0.134. The van der Waals surface area contributed by atoms with Crippen molar-refractivity contribution < 1.29 is 18.0 Å². The van der Waals surface area contributed by atoms with Crippen LogP contribution >= 0.6 is 23.2 Å². The summed E-state index contributed by atoms with van der Waals surface area (Å²) in [6.07, 6.45) is 5.42. The lowest BCUT2D eigenvalue weighted by Crippen LogP contribution is -2.57. The molecular formula is C22H28Cl2N4O4S. The monoisotopic (exact) mass is 514 g/mol. The molecule has 8 nitrogen and oxygen atoms in total. The number of carbonyl (C=O) groups is 2. The van der Waals surface area contributed by atoms with Crippen molar-refractivity contribution in [1.82, 2.24) is 19.8 Å². The number of hydrogen-bond donors (Lipinski definition) is 2. The van der Waals surface area contributed by atoms with Gasteiger partial charge in [0.2, 0.25) is 11.8 Å². The van der Waals surface area contributed by atoms with Crippen LogP contribution in [0.4, 0.5) is 0 Å². The number of halogens is 2. The number of benzene rings is 1. The van der Waals surface area contributed by atoms with Gasteiger partial charge in [-0.25, -0.2) is 8.42 Å². The number of amides is 2. The highest BCUT2D eigenvalue weighted by Gasteiger charge is 2.43. The third-order valence-corrected chi connectivity index (χ3v) is 9.32. The van der Waals surface area contributed by atoms with E-state index in [0.29, 0.717) is 6.04 Å². The van der Waals surface area contributed by atoms with E-state index in [1.54, 1.807) is 0 Å². The van der Waals surface area contributed by atoms with Crippen molar-refractivity contribution in [2.45, 2.75) is 62.6 Å². The highest BCUT2D eigenvalue weighted by molar-refractivity contribution is 7.89. The molecule has 2 aliphatic heterocycles. The molecule has 4 rings (SSSR count). The first kappa shape index (κ1) is 24.3. The Morgan fingerprint density at radius 2 is 1.97 bits per heavy atom. The molecule has 2 amide bonds. The van der Waals surface area contributed by atoms with Crippen LogP contribution in [0.15, 0.2) is 35.5 Å². The molecule has 1 saturated heterocycles. The normalized spacial score (nSPS) is 25.6. The average Bonchev–Trinajstić information content (AvgIpc) is 3.58. The van der Waals surface area contributed by atoms with Gasteiger partial charge in [-0.2, -0.15) is 0 Å². The number of rotatable bonds is 6. The first-order valence-corrected chi connectivity index (χ1v) is 13.2. The molecule has 2 fully saturated rings. The highest BCUT2D eigenvalue weighted by atomic mass is 35.5. The fourth-order valence-electron chi connectivity index (χ4n) is 4.58. The molecule has 0 unspecified atom stereocenters. The van der Waals surface area contributed by atoms with Gasteiger partial charge in [-0.15, -0.1) is 0 Å². The maximum atomic E-state index is 13.3. The van der Waals surface area contributed by atoms with Crippen LogP contribution in [-0.4, -0.2) is 60.7 Å². The predicted octanol–water partition coefficient (Wildman–Crippen LogP) is 2.72. The fourth-order valence-corrected chi connectivity index (χ4v) is 6.77. The number of carbonyl (C=O) groups excluding carboxylic acids is 2. The second-order valence-electron chi connectivity index (χ2n) is 9.53. The van der Waals surface area contributed by atoms with E-state index >= 15 is 0 Å². The summed E-state index contributed by atoms with van der Waals surface area (Å²) in [5, 5.41) is 5.49. The summed E-state index contributed by atoms with van der Waals surface area (Å²) in [6.45, 7) is 6.06. The fraction of sp³-hybridized carbons (Fsp3) is 0.545. The Morgan fingerprint density at radius 1 is 1.24 bits per heavy atom. The van der Waals surface area contributed by atoms with Gasteiger partial charge < -0.3 is 10.6 Å². The zero-order valence-electron chi connectivity index (χ0n) is 18.6. The van der Waals surface area contributed by atoms with Crippen LogP contribution in [0.25, 0.3) is 0 Å². The minimum atomic E-state index is -4.23. The van der Waals surface area contributed by atoms with E-state index in [-0.39, 0.29) is 38.7 Å². The van der Waals surface area contributed by atoms with Gasteiger partial charge in [0.15, 0.2) is 0 Å². The van der Waals surface area contributed by atoms with Crippen molar-refractivity contribution in [2.24, 2.45) is 5.41 Å². The van der Waals surface area contributed by atoms with Gasteiger partial charge in [-0.3, -0.25) is 18.8 Å². The van der Waals surface area contributed by atoms with Gasteiger partial charge in [0.05, 0.1) is 16.5 Å². The third kappa shape index (κ3) is 5.01. The maximum absolute atomic E-state index is 13.3. The van der Waals surface area contributed by atoms with E-state index in [4.69, 9.17) is 23.2 Å². The van der Waals surface area contributed by atoms with Crippen LogP contribution in [0, 0.1) is 5.41 Å². The van der Waals surface area contributed by atoms with Gasteiger partial charge in [0, 0.05) is 37.6 Å². The quantitative estimate of drug-likeness (QED) is 0.607. The van der Waals surface area contributed by atoms with Crippen LogP contribution in [0.3, 0.4) is 0 Å². The smallest absolute Gasteiger partial charge is 0.266 e. The Kier molecular flexibility index (Phi) is 6.70. The molecule has 11 heteroatoms. The van der Waals surface area contributed by atoms with Crippen LogP contribution in [0.5, 0.6) is 0 Å². The molecule has 33 heavy (non-hydrogen) atoms. The maximum Gasteiger partial charge on any atom is 0.266 e. The van der Waals surface area contributed by atoms with Crippen molar-refractivity contribution in [3.05, 3.63) is 40.6 Å². The molecule has 3 aliphatic rings. The first-order valence-electron chi connectivity index (χ1n) is 11.0. The lowest BCUT2D eigenvalue weighted by Gasteiger charge is -2.45. The van der Waals surface area contributed by atoms with Crippen molar-refractivity contribution in [3.8, 4) is 0 Å². The minimum Gasteiger partial charge on any atom is -0.353 e. The second kappa shape index (κ2) is 9.09. The second-order valence-corrected chi connectivity index (χ2v) is 12.1. The zero-order valence-corrected chi connectivity index (χ0v) is 20.9. The van der Waals surface area contributed by atoms with E-state index in [0.717, 1.165) is 23.8 Å². The molecule has 1 aliphatic carbocycles. The lowest BCUT2D eigenvalue weighted by atomic mass is 9.79. The van der Waals surface area contributed by atoms with Crippen molar-refractivity contribution in [1.29, 1.82) is 0 Å². The largest absolute Gasteiger partial charge is 0.353 e. The topological polar surface area (TPSA) is 98.8 Å². The molecule has 0 radical (unpaired) electrons. The molecule has 2 N–H and O–H groups in total. The van der Waals surface area contributed by atoms with Gasteiger partial charge in [-0.1, -0.05) is 43.1 Å². The average molecular weight is 515 g/mol. The van der Waals surface area contributed by atoms with Crippen LogP contribution in [0.1, 0.15) is 39.5 Å². The van der Waals surface area contributed by atoms with Gasteiger partial charge in [-0.05, 0) is 36.8 Å². The summed E-state index contributed by atoms with van der Waals surface area (Å²) in [4.78, 5) is 27.8. The number of sulfonamides is 1.